The summed E-state index contributed by atoms with van der Waals surface area (Å²) in [5.74, 6) is 0. The summed E-state index contributed by atoms with van der Waals surface area (Å²) in [6.45, 7) is 2.10. The van der Waals surface area contributed by atoms with Gasteiger partial charge < -0.3 is 0 Å². The van der Waals surface area contributed by atoms with Crippen molar-refractivity contribution in [2.24, 2.45) is 0 Å². The van der Waals surface area contributed by atoms with E-state index < -0.39 is 0 Å². The lowest BCUT2D eigenvalue weighted by atomic mass is 10.1. The summed E-state index contributed by atoms with van der Waals surface area (Å²) in [4.78, 5) is 2.10. The summed E-state index contributed by atoms with van der Waals surface area (Å²) < 4.78 is 4.12. The minimum absolute atomic E-state index is 0.320. The summed E-state index contributed by atoms with van der Waals surface area (Å²) in [5.41, 5.74) is 2.59. The summed E-state index contributed by atoms with van der Waals surface area (Å²) >= 11 is 0. The van der Waals surface area contributed by atoms with Crippen LogP contribution >= 0.6 is 0 Å². The van der Waals surface area contributed by atoms with Gasteiger partial charge in [-0.3, -0.25) is 0 Å². The van der Waals surface area contributed by atoms with Gasteiger partial charge in [-0.2, -0.15) is 0 Å². The molecule has 13 heavy (non-hydrogen) atoms. The molecule has 1 aliphatic rings. The van der Waals surface area contributed by atoms with Crippen LogP contribution in [-0.4, -0.2) is 24.5 Å². The predicted octanol–water partition coefficient (Wildman–Crippen LogP) is 1.15. The van der Waals surface area contributed by atoms with Crippen molar-refractivity contribution in [3.8, 4) is 0 Å². The van der Waals surface area contributed by atoms with Gasteiger partial charge in [-0.25, -0.2) is 9.57 Å². The topological polar surface area (TPSA) is 17.3 Å². The Hall–Kier alpha value is -1.53. The van der Waals surface area contributed by atoms with Crippen molar-refractivity contribution in [2.75, 3.05) is 7.05 Å². The first kappa shape index (κ1) is 8.09. The maximum atomic E-state index is 4.12. The Bertz CT molecular complexity index is 358. The Labute approximate surface area is 78.3 Å². The second-order valence-electron chi connectivity index (χ2n) is 3.43. The molecule has 1 heterocycles. The van der Waals surface area contributed by atoms with Crippen LogP contribution in [-0.2, 0) is 0 Å². The molecule has 1 aliphatic heterocycles. The van der Waals surface area contributed by atoms with E-state index in [0.717, 1.165) is 0 Å². The van der Waals surface area contributed by atoms with Crippen LogP contribution in [0.4, 0.5) is 0 Å². The monoisotopic (exact) mass is 173 g/mol. The normalized spacial score (nSPS) is 19.8. The van der Waals surface area contributed by atoms with E-state index in [0.29, 0.717) is 6.04 Å². The highest BCUT2D eigenvalue weighted by molar-refractivity contribution is 5.78. The second kappa shape index (κ2) is 3.08. The first-order valence-corrected chi connectivity index (χ1v) is 4.42. The Morgan fingerprint density at radius 2 is 1.92 bits per heavy atom. The van der Waals surface area contributed by atoms with Crippen LogP contribution in [0.2, 0.25) is 0 Å². The minimum Gasteiger partial charge on any atom is -0.242 e. The molecule has 0 saturated heterocycles. The molecular formula is C11H13N2+. The smallest absolute Gasteiger partial charge is 0.242 e. The van der Waals surface area contributed by atoms with Crippen LogP contribution < -0.4 is 4.67 Å². The van der Waals surface area contributed by atoms with E-state index >= 15 is 0 Å². The molecule has 0 aliphatic carbocycles. The lowest BCUT2D eigenvalue weighted by molar-refractivity contribution is 0.493. The van der Waals surface area contributed by atoms with Gasteiger partial charge in [-0.15, -0.1) is 0 Å². The van der Waals surface area contributed by atoms with E-state index in [9.17, 15) is 0 Å². The molecule has 1 unspecified atom stereocenters. The van der Waals surface area contributed by atoms with Crippen molar-refractivity contribution in [1.29, 1.82) is 0 Å². The largest absolute Gasteiger partial charge is 0.333 e. The first-order valence-electron chi connectivity index (χ1n) is 4.42. The Kier molecular flexibility index (Phi) is 1.91. The predicted molar refractivity (Wildman–Crippen MR) is 55.9 cm³/mol. The van der Waals surface area contributed by atoms with Gasteiger partial charge in [-0.1, -0.05) is 29.8 Å². The van der Waals surface area contributed by atoms with Gasteiger partial charge in [0.15, 0.2) is 6.04 Å². The van der Waals surface area contributed by atoms with Gasteiger partial charge in [0.2, 0.25) is 6.21 Å². The lowest BCUT2D eigenvalue weighted by Crippen LogP contribution is -2.19. The van der Waals surface area contributed by atoms with Crippen molar-refractivity contribution in [1.82, 2.24) is 9.57 Å². The molecule has 0 N–H and O–H groups in total. The van der Waals surface area contributed by atoms with Crippen LogP contribution in [0.25, 0.3) is 0 Å². The van der Waals surface area contributed by atoms with Crippen LogP contribution in [0.15, 0.2) is 24.3 Å². The average Bonchev–Trinajstić information content (AvgIpc) is 2.53. The molecule has 2 nitrogen and oxygen atoms in total. The molecule has 0 amide bonds. The molecule has 0 aromatic heterocycles. The number of hydrogen-bond donors (Lipinski definition) is 0. The molecular weight excluding hydrogens is 160 g/mol. The molecule has 0 fully saturated rings. The Morgan fingerprint density at radius 1 is 1.23 bits per heavy atom. The lowest BCUT2D eigenvalue weighted by Gasteiger charge is -2.09. The van der Waals surface area contributed by atoms with Crippen LogP contribution in [0.1, 0.15) is 17.2 Å². The summed E-state index contributed by atoms with van der Waals surface area (Å²) in [5, 5.41) is 0. The molecule has 2 rings (SSSR count). The van der Waals surface area contributed by atoms with E-state index in [1.807, 2.05) is 19.6 Å². The third-order valence-electron chi connectivity index (χ3n) is 2.33. The number of nitrogens with zero attached hydrogens (tertiary/aromatic N) is 2. The Balaban J connectivity index is 2.27. The van der Waals surface area contributed by atoms with Gasteiger partial charge in [0, 0.05) is 5.56 Å². The van der Waals surface area contributed by atoms with Crippen molar-refractivity contribution < 1.29 is 0 Å². The highest BCUT2D eigenvalue weighted by atomic mass is 15.2. The molecule has 0 spiro atoms. The molecule has 1 aromatic carbocycles. The fourth-order valence-electron chi connectivity index (χ4n) is 1.49. The zero-order valence-electron chi connectivity index (χ0n) is 7.94. The standard InChI is InChI=1S/C11H13N2/c1-9-3-5-10(6-4-9)11-7-12-8-13(11)2/h3-8,11H,1-2H3/q+1. The fourth-order valence-corrected chi connectivity index (χ4v) is 1.49. The zero-order valence-corrected chi connectivity index (χ0v) is 7.94. The van der Waals surface area contributed by atoms with Crippen molar-refractivity contribution in [3.05, 3.63) is 35.4 Å². The van der Waals surface area contributed by atoms with Gasteiger partial charge in [0.1, 0.15) is 0 Å². The number of aryl methyl sites for hydroxylation is 1. The molecule has 1 atom stereocenters. The van der Waals surface area contributed by atoms with Gasteiger partial charge in [-0.05, 0) is 6.92 Å². The summed E-state index contributed by atoms with van der Waals surface area (Å²) in [6.07, 6.45) is 3.81. The van der Waals surface area contributed by atoms with Gasteiger partial charge in [0.05, 0.1) is 7.05 Å². The molecule has 0 radical (unpaired) electrons. The van der Waals surface area contributed by atoms with E-state index in [2.05, 4.69) is 40.8 Å². The highest BCUT2D eigenvalue weighted by Gasteiger charge is 2.23. The van der Waals surface area contributed by atoms with Crippen LogP contribution in [0.3, 0.4) is 0 Å². The van der Waals surface area contributed by atoms with E-state index in [-0.39, 0.29) is 0 Å². The molecule has 0 saturated carbocycles. The minimum atomic E-state index is 0.320. The second-order valence-corrected chi connectivity index (χ2v) is 3.43. The highest BCUT2D eigenvalue weighted by Crippen LogP contribution is 2.17. The van der Waals surface area contributed by atoms with Crippen molar-refractivity contribution in [3.63, 3.8) is 0 Å². The molecule has 1 aromatic rings. The van der Waals surface area contributed by atoms with E-state index in [4.69, 9.17) is 0 Å². The van der Waals surface area contributed by atoms with Crippen LogP contribution in [0.5, 0.6) is 0 Å². The van der Waals surface area contributed by atoms with Gasteiger partial charge in [0.25, 0.3) is 0 Å². The van der Waals surface area contributed by atoms with Gasteiger partial charge >= 0.3 is 6.34 Å². The molecule has 0 bridgehead atoms. The first-order chi connectivity index (χ1) is 6.27. The third-order valence-corrected chi connectivity index (χ3v) is 2.33. The van der Waals surface area contributed by atoms with E-state index in [1.54, 1.807) is 0 Å². The maximum absolute atomic E-state index is 4.12. The Morgan fingerprint density at radius 3 is 2.46 bits per heavy atom. The quantitative estimate of drug-likeness (QED) is 0.582. The zero-order chi connectivity index (χ0) is 9.26. The average molecular weight is 173 g/mol. The summed E-state index contributed by atoms with van der Waals surface area (Å²) in [7, 11) is 2.04. The fraction of sp³-hybridized carbons (Fsp3) is 0.273. The molecule has 66 valence electrons. The summed E-state index contributed by atoms with van der Waals surface area (Å²) in [6, 6.07) is 8.90. The SMILES string of the molecule is Cc1ccc(C2C=[N+]=CN2C)cc1. The third kappa shape index (κ3) is 1.49. The van der Waals surface area contributed by atoms with E-state index in [1.165, 1.54) is 11.1 Å². The molecule has 2 heteroatoms. The number of benzene rings is 1. The maximum Gasteiger partial charge on any atom is 0.333 e. The van der Waals surface area contributed by atoms with Crippen LogP contribution in [0, 0.1) is 6.92 Å². The van der Waals surface area contributed by atoms with Crippen molar-refractivity contribution >= 4 is 12.6 Å². The van der Waals surface area contributed by atoms with Crippen molar-refractivity contribution in [2.45, 2.75) is 13.0 Å². The number of rotatable bonds is 1. The number of hydrogen-bond acceptors (Lipinski definition) is 1.